The Labute approximate surface area is 108 Å². The molecule has 5 nitrogen and oxygen atoms in total. The minimum absolute atomic E-state index is 0.00737. The molecular formula is C10H22N2O3S2. The van der Waals surface area contributed by atoms with Crippen LogP contribution in [-0.4, -0.2) is 55.1 Å². The molecule has 0 saturated carbocycles. The van der Waals surface area contributed by atoms with Gasteiger partial charge in [0.05, 0.1) is 0 Å². The van der Waals surface area contributed by atoms with Crippen LogP contribution in [0.5, 0.6) is 0 Å². The van der Waals surface area contributed by atoms with Crippen molar-refractivity contribution in [2.45, 2.75) is 30.9 Å². The molecule has 1 fully saturated rings. The van der Waals surface area contributed by atoms with Crippen molar-refractivity contribution < 1.29 is 13.5 Å². The summed E-state index contributed by atoms with van der Waals surface area (Å²) in [6.45, 7) is 2.92. The third-order valence-corrected chi connectivity index (χ3v) is 6.02. The first-order valence-corrected chi connectivity index (χ1v) is 8.28. The molecule has 1 heterocycles. The number of rotatable bonds is 7. The highest BCUT2D eigenvalue weighted by Gasteiger charge is 2.31. The van der Waals surface area contributed by atoms with E-state index in [2.05, 4.69) is 11.6 Å². The van der Waals surface area contributed by atoms with E-state index in [0.29, 0.717) is 19.5 Å². The van der Waals surface area contributed by atoms with Crippen molar-refractivity contribution in [1.29, 1.82) is 0 Å². The summed E-state index contributed by atoms with van der Waals surface area (Å²) in [4.78, 5) is 0. The highest BCUT2D eigenvalue weighted by molar-refractivity contribution is 8.00. The summed E-state index contributed by atoms with van der Waals surface area (Å²) in [5.41, 5.74) is 0. The van der Waals surface area contributed by atoms with Crippen LogP contribution in [0.15, 0.2) is 0 Å². The van der Waals surface area contributed by atoms with E-state index in [-0.39, 0.29) is 11.4 Å². The van der Waals surface area contributed by atoms with Crippen molar-refractivity contribution in [3.63, 3.8) is 0 Å². The average molecular weight is 282 g/mol. The van der Waals surface area contributed by atoms with Gasteiger partial charge in [0.25, 0.3) is 10.2 Å². The molecule has 0 aliphatic carbocycles. The molecule has 0 radical (unpaired) electrons. The fourth-order valence-electron chi connectivity index (χ4n) is 1.74. The zero-order chi connectivity index (χ0) is 12.9. The minimum atomic E-state index is -3.40. The van der Waals surface area contributed by atoms with Crippen molar-refractivity contribution in [3.8, 4) is 0 Å². The summed E-state index contributed by atoms with van der Waals surface area (Å²) in [6.07, 6.45) is 2.67. The predicted molar refractivity (Wildman–Crippen MR) is 71.4 cm³/mol. The van der Waals surface area contributed by atoms with E-state index in [9.17, 15) is 8.42 Å². The lowest BCUT2D eigenvalue weighted by Gasteiger charge is -2.25. The molecule has 0 amide bonds. The third kappa shape index (κ3) is 4.75. The summed E-state index contributed by atoms with van der Waals surface area (Å²) in [5.74, 6) is 1.11. The maximum absolute atomic E-state index is 11.9. The summed E-state index contributed by atoms with van der Waals surface area (Å²) < 4.78 is 27.7. The number of nitrogens with one attached hydrogen (secondary N) is 1. The number of hydrogen-bond donors (Lipinski definition) is 2. The predicted octanol–water partition coefficient (Wildman–Crippen LogP) is 0.421. The van der Waals surface area contributed by atoms with E-state index >= 15 is 0 Å². The van der Waals surface area contributed by atoms with Crippen molar-refractivity contribution in [1.82, 2.24) is 9.03 Å². The lowest BCUT2D eigenvalue weighted by molar-refractivity contribution is 0.275. The molecule has 102 valence electrons. The maximum atomic E-state index is 11.9. The van der Waals surface area contributed by atoms with Gasteiger partial charge in [-0.2, -0.15) is 24.5 Å². The van der Waals surface area contributed by atoms with Crippen molar-refractivity contribution in [3.05, 3.63) is 0 Å². The Bertz CT molecular complexity index is 326. The molecule has 0 aromatic heterocycles. The molecule has 1 rings (SSSR count). The Hall–Kier alpha value is 0.180. The summed E-state index contributed by atoms with van der Waals surface area (Å²) >= 11 is 1.83. The molecular weight excluding hydrogens is 260 g/mol. The molecule has 0 aromatic rings. The van der Waals surface area contributed by atoms with Crippen LogP contribution in [0.25, 0.3) is 0 Å². The van der Waals surface area contributed by atoms with Gasteiger partial charge in [-0.25, -0.2) is 4.72 Å². The number of aliphatic hydroxyl groups excluding tert-OH is 1. The third-order valence-electron chi connectivity index (χ3n) is 2.97. The van der Waals surface area contributed by atoms with Crippen LogP contribution in [-0.2, 0) is 10.2 Å². The second kappa shape index (κ2) is 6.38. The topological polar surface area (TPSA) is 69.6 Å². The molecule has 1 atom stereocenters. The van der Waals surface area contributed by atoms with Gasteiger partial charge in [0, 0.05) is 31.5 Å². The summed E-state index contributed by atoms with van der Waals surface area (Å²) in [5, 5.41) is 8.68. The van der Waals surface area contributed by atoms with E-state index in [1.54, 1.807) is 0 Å². The fourth-order valence-corrected chi connectivity index (χ4v) is 4.17. The molecule has 1 aliphatic rings. The van der Waals surface area contributed by atoms with Crippen LogP contribution in [0.4, 0.5) is 0 Å². The largest absolute Gasteiger partial charge is 0.396 e. The summed E-state index contributed by atoms with van der Waals surface area (Å²) in [6, 6.07) is 0. The maximum Gasteiger partial charge on any atom is 0.279 e. The van der Waals surface area contributed by atoms with Gasteiger partial charge >= 0.3 is 0 Å². The van der Waals surface area contributed by atoms with E-state index in [1.165, 1.54) is 11.4 Å². The van der Waals surface area contributed by atoms with E-state index in [4.69, 9.17) is 5.11 Å². The van der Waals surface area contributed by atoms with Crippen LogP contribution in [0, 0.1) is 0 Å². The first-order valence-electron chi connectivity index (χ1n) is 5.85. The SMILES string of the molecule is CN(CCCO)S(=O)(=O)NCC1(C)CCCS1. The van der Waals surface area contributed by atoms with E-state index in [1.807, 2.05) is 11.8 Å². The molecule has 1 unspecified atom stereocenters. The monoisotopic (exact) mass is 282 g/mol. The Morgan fingerprint density at radius 3 is 2.76 bits per heavy atom. The lowest BCUT2D eigenvalue weighted by atomic mass is 10.1. The van der Waals surface area contributed by atoms with Crippen LogP contribution in [0.3, 0.4) is 0 Å². The summed E-state index contributed by atoms with van der Waals surface area (Å²) in [7, 11) is -1.87. The average Bonchev–Trinajstić information content (AvgIpc) is 2.71. The number of thioether (sulfide) groups is 1. The first-order chi connectivity index (χ1) is 7.90. The molecule has 1 saturated heterocycles. The van der Waals surface area contributed by atoms with Gasteiger partial charge < -0.3 is 5.11 Å². The molecule has 0 spiro atoms. The molecule has 2 N–H and O–H groups in total. The zero-order valence-electron chi connectivity index (χ0n) is 10.5. The molecule has 0 aromatic carbocycles. The van der Waals surface area contributed by atoms with E-state index in [0.717, 1.165) is 18.6 Å². The van der Waals surface area contributed by atoms with Crippen LogP contribution < -0.4 is 4.72 Å². The second-order valence-corrected chi connectivity index (χ2v) is 8.17. The van der Waals surface area contributed by atoms with Crippen molar-refractivity contribution in [2.75, 3.05) is 32.5 Å². The molecule has 0 bridgehead atoms. The van der Waals surface area contributed by atoms with Gasteiger partial charge in [0.1, 0.15) is 0 Å². The molecule has 7 heteroatoms. The number of aliphatic hydroxyl groups is 1. The Morgan fingerprint density at radius 1 is 1.53 bits per heavy atom. The molecule has 17 heavy (non-hydrogen) atoms. The van der Waals surface area contributed by atoms with Crippen LogP contribution >= 0.6 is 11.8 Å². The number of hydrogen-bond acceptors (Lipinski definition) is 4. The Morgan fingerprint density at radius 2 is 2.24 bits per heavy atom. The van der Waals surface area contributed by atoms with E-state index < -0.39 is 10.2 Å². The zero-order valence-corrected chi connectivity index (χ0v) is 12.1. The van der Waals surface area contributed by atoms with Crippen molar-refractivity contribution in [2.24, 2.45) is 0 Å². The quantitative estimate of drug-likeness (QED) is 0.710. The van der Waals surface area contributed by atoms with Gasteiger partial charge in [-0.3, -0.25) is 0 Å². The highest BCUT2D eigenvalue weighted by atomic mass is 32.2. The van der Waals surface area contributed by atoms with Gasteiger partial charge in [0.2, 0.25) is 0 Å². The standard InChI is InChI=1S/C10H22N2O3S2/c1-10(5-3-8-16-10)9-11-17(14,15)12(2)6-4-7-13/h11,13H,3-9H2,1-2H3. The van der Waals surface area contributed by atoms with Gasteiger partial charge in [-0.15, -0.1) is 0 Å². The van der Waals surface area contributed by atoms with Gasteiger partial charge in [-0.05, 0) is 31.9 Å². The number of nitrogens with zero attached hydrogens (tertiary/aromatic N) is 1. The van der Waals surface area contributed by atoms with Crippen LogP contribution in [0.1, 0.15) is 26.2 Å². The second-order valence-electron chi connectivity index (χ2n) is 4.63. The smallest absolute Gasteiger partial charge is 0.279 e. The lowest BCUT2D eigenvalue weighted by Crippen LogP contribution is -2.44. The Kier molecular flexibility index (Phi) is 5.72. The highest BCUT2D eigenvalue weighted by Crippen LogP contribution is 2.37. The fraction of sp³-hybridized carbons (Fsp3) is 1.00. The normalized spacial score (nSPS) is 25.6. The Balaban J connectivity index is 2.43. The van der Waals surface area contributed by atoms with Gasteiger partial charge in [-0.1, -0.05) is 0 Å². The first kappa shape index (κ1) is 15.2. The molecule has 1 aliphatic heterocycles. The van der Waals surface area contributed by atoms with Gasteiger partial charge in [0.15, 0.2) is 0 Å². The van der Waals surface area contributed by atoms with Crippen molar-refractivity contribution >= 4 is 22.0 Å². The minimum Gasteiger partial charge on any atom is -0.396 e. The van der Waals surface area contributed by atoms with Crippen LogP contribution in [0.2, 0.25) is 0 Å².